The van der Waals surface area contributed by atoms with Crippen LogP contribution in [0.25, 0.3) is 11.1 Å². The van der Waals surface area contributed by atoms with Crippen LogP contribution in [0.5, 0.6) is 5.75 Å². The van der Waals surface area contributed by atoms with Crippen LogP contribution >= 0.6 is 0 Å². The van der Waals surface area contributed by atoms with Gasteiger partial charge >= 0.3 is 6.09 Å². The van der Waals surface area contributed by atoms with Gasteiger partial charge in [-0.2, -0.15) is 5.10 Å². The number of H-pyrrole nitrogens is 1. The molecule has 1 atom stereocenters. The largest absolute Gasteiger partial charge is 0.478 e. The second kappa shape index (κ2) is 12.2. The van der Waals surface area contributed by atoms with Crippen LogP contribution < -0.4 is 9.64 Å². The highest BCUT2D eigenvalue weighted by Gasteiger charge is 2.52. The van der Waals surface area contributed by atoms with Crippen molar-refractivity contribution < 1.29 is 24.2 Å². The van der Waals surface area contributed by atoms with E-state index in [4.69, 9.17) is 4.74 Å². The van der Waals surface area contributed by atoms with Crippen LogP contribution in [0.4, 0.5) is 10.5 Å². The number of anilines is 1. The Morgan fingerprint density at radius 3 is 2.49 bits per heavy atom. The number of benzene rings is 2. The third-order valence-electron chi connectivity index (χ3n) is 10.3. The monoisotopic (exact) mass is 640 g/mol. The van der Waals surface area contributed by atoms with E-state index in [1.807, 2.05) is 41.6 Å². The Morgan fingerprint density at radius 1 is 1.02 bits per heavy atom. The molecule has 0 radical (unpaired) electrons. The van der Waals surface area contributed by atoms with E-state index >= 15 is 0 Å². The Kier molecular flexibility index (Phi) is 8.09. The summed E-state index contributed by atoms with van der Waals surface area (Å²) >= 11 is 0. The molecular formula is C36H44N6O5. The van der Waals surface area contributed by atoms with Gasteiger partial charge in [0.2, 0.25) is 5.91 Å². The molecular weight excluding hydrogens is 596 g/mol. The van der Waals surface area contributed by atoms with Gasteiger partial charge < -0.3 is 29.4 Å². The maximum absolute atomic E-state index is 14.0. The first kappa shape index (κ1) is 31.1. The fourth-order valence-corrected chi connectivity index (χ4v) is 7.56. The van der Waals surface area contributed by atoms with Gasteiger partial charge in [-0.1, -0.05) is 30.3 Å². The average molecular weight is 641 g/mol. The SMILES string of the molecule is CC(C)(Oc1cccc(N2CCCC(C(=O)N(Cc3ccc(-c4cn[nH]c4)cc3)C3CC3)C2)c1)C(=O)N1CCC2(CN(C(=O)O)C2)C1. The molecule has 2 aromatic carbocycles. The van der Waals surface area contributed by atoms with Crippen LogP contribution in [-0.4, -0.2) is 98.8 Å². The molecule has 4 heterocycles. The molecule has 4 fully saturated rings. The highest BCUT2D eigenvalue weighted by molar-refractivity contribution is 5.85. The summed E-state index contributed by atoms with van der Waals surface area (Å²) < 4.78 is 6.33. The molecule has 1 spiro atoms. The van der Waals surface area contributed by atoms with E-state index in [0.29, 0.717) is 51.1 Å². The fourth-order valence-electron chi connectivity index (χ4n) is 7.56. The van der Waals surface area contributed by atoms with Gasteiger partial charge in [-0.3, -0.25) is 14.7 Å². The smallest absolute Gasteiger partial charge is 0.407 e. The Bertz CT molecular complexity index is 1610. The van der Waals surface area contributed by atoms with Gasteiger partial charge in [-0.15, -0.1) is 0 Å². The lowest BCUT2D eigenvalue weighted by Gasteiger charge is -2.46. The molecule has 4 aliphatic rings. The second-order valence-electron chi connectivity index (χ2n) is 14.4. The molecule has 248 valence electrons. The predicted octanol–water partition coefficient (Wildman–Crippen LogP) is 4.85. The Morgan fingerprint density at radius 2 is 1.79 bits per heavy atom. The Hall–Kier alpha value is -4.54. The number of nitrogens with one attached hydrogen (secondary N) is 1. The molecule has 11 nitrogen and oxygen atoms in total. The summed E-state index contributed by atoms with van der Waals surface area (Å²) in [5.41, 5.74) is 3.05. The number of rotatable bonds is 9. The molecule has 1 aliphatic carbocycles. The zero-order valence-corrected chi connectivity index (χ0v) is 27.2. The van der Waals surface area contributed by atoms with E-state index in [1.165, 1.54) is 4.90 Å². The fraction of sp³-hybridized carbons (Fsp3) is 0.500. The number of amides is 3. The van der Waals surface area contributed by atoms with Gasteiger partial charge in [-0.05, 0) is 69.2 Å². The van der Waals surface area contributed by atoms with Gasteiger partial charge in [0.15, 0.2) is 5.60 Å². The number of hydrogen-bond acceptors (Lipinski definition) is 6. The van der Waals surface area contributed by atoms with Crippen LogP contribution in [0.2, 0.25) is 0 Å². The summed E-state index contributed by atoms with van der Waals surface area (Å²) in [6, 6.07) is 16.6. The first-order chi connectivity index (χ1) is 22.6. The lowest BCUT2D eigenvalue weighted by atomic mass is 9.79. The zero-order valence-electron chi connectivity index (χ0n) is 27.2. The van der Waals surface area contributed by atoms with E-state index in [-0.39, 0.29) is 23.1 Å². The summed E-state index contributed by atoms with van der Waals surface area (Å²) in [4.78, 5) is 46.4. The van der Waals surface area contributed by atoms with Crippen LogP contribution in [0.1, 0.15) is 51.5 Å². The van der Waals surface area contributed by atoms with Crippen LogP contribution in [0.3, 0.4) is 0 Å². The zero-order chi connectivity index (χ0) is 32.8. The number of piperidine rings is 1. The summed E-state index contributed by atoms with van der Waals surface area (Å²) in [6.07, 6.45) is 7.51. The number of hydrogen-bond donors (Lipinski definition) is 2. The Labute approximate surface area is 275 Å². The maximum atomic E-state index is 14.0. The van der Waals surface area contributed by atoms with Crippen molar-refractivity contribution >= 4 is 23.6 Å². The average Bonchev–Trinajstić information content (AvgIpc) is 3.54. The lowest BCUT2D eigenvalue weighted by Crippen LogP contribution is -2.60. The van der Waals surface area contributed by atoms with Gasteiger partial charge in [0.1, 0.15) is 5.75 Å². The van der Waals surface area contributed by atoms with Crippen LogP contribution in [0.15, 0.2) is 60.9 Å². The molecule has 1 saturated carbocycles. The number of carbonyl (C=O) groups is 3. The minimum Gasteiger partial charge on any atom is -0.478 e. The first-order valence-corrected chi connectivity index (χ1v) is 16.8. The molecule has 0 bridgehead atoms. The van der Waals surface area contributed by atoms with Crippen molar-refractivity contribution in [2.24, 2.45) is 11.3 Å². The van der Waals surface area contributed by atoms with Crippen molar-refractivity contribution in [1.29, 1.82) is 0 Å². The molecule has 3 amide bonds. The Balaban J connectivity index is 0.973. The summed E-state index contributed by atoms with van der Waals surface area (Å²) in [6.45, 7) is 7.84. The molecule has 1 unspecified atom stereocenters. The molecule has 1 aromatic heterocycles. The summed E-state index contributed by atoms with van der Waals surface area (Å²) in [7, 11) is 0. The normalized spacial score (nSPS) is 20.6. The van der Waals surface area contributed by atoms with Crippen molar-refractivity contribution in [3.05, 3.63) is 66.5 Å². The van der Waals surface area contributed by atoms with Crippen molar-refractivity contribution in [3.8, 4) is 16.9 Å². The van der Waals surface area contributed by atoms with Crippen LogP contribution in [0, 0.1) is 11.3 Å². The minimum absolute atomic E-state index is 0.0804. The van der Waals surface area contributed by atoms with Crippen molar-refractivity contribution in [1.82, 2.24) is 24.9 Å². The molecule has 3 saturated heterocycles. The molecule has 3 aliphatic heterocycles. The van der Waals surface area contributed by atoms with E-state index in [2.05, 4.69) is 44.3 Å². The molecule has 11 heteroatoms. The third-order valence-corrected chi connectivity index (χ3v) is 10.3. The van der Waals surface area contributed by atoms with Gasteiger partial charge in [0, 0.05) is 80.8 Å². The highest BCUT2D eigenvalue weighted by Crippen LogP contribution is 2.41. The van der Waals surface area contributed by atoms with Crippen LogP contribution in [-0.2, 0) is 16.1 Å². The highest BCUT2D eigenvalue weighted by atomic mass is 16.5. The molecule has 47 heavy (non-hydrogen) atoms. The third kappa shape index (κ3) is 6.53. The number of carboxylic acid groups (broad SMARTS) is 1. The number of aromatic nitrogens is 2. The number of nitrogens with zero attached hydrogens (tertiary/aromatic N) is 5. The second-order valence-corrected chi connectivity index (χ2v) is 14.4. The van der Waals surface area contributed by atoms with Crippen molar-refractivity contribution in [2.45, 2.75) is 64.1 Å². The number of carbonyl (C=O) groups excluding carboxylic acids is 2. The first-order valence-electron chi connectivity index (χ1n) is 16.8. The van der Waals surface area contributed by atoms with Crippen molar-refractivity contribution in [3.63, 3.8) is 0 Å². The molecule has 3 aromatic rings. The predicted molar refractivity (Wildman–Crippen MR) is 177 cm³/mol. The molecule has 2 N–H and O–H groups in total. The topological polar surface area (TPSA) is 122 Å². The molecule has 7 rings (SSSR count). The summed E-state index contributed by atoms with van der Waals surface area (Å²) in [5.74, 6) is 0.676. The quantitative estimate of drug-likeness (QED) is 0.343. The number of ether oxygens (including phenoxy) is 1. The van der Waals surface area contributed by atoms with E-state index < -0.39 is 11.7 Å². The summed E-state index contributed by atoms with van der Waals surface area (Å²) in [5, 5.41) is 16.1. The van der Waals surface area contributed by atoms with E-state index in [9.17, 15) is 19.5 Å². The lowest BCUT2D eigenvalue weighted by molar-refractivity contribution is -0.145. The standard InChI is InChI=1S/C36H44N6O5/c1-35(2,33(44)40-16-14-36(22-40)23-41(24-36)34(45)46)47-31-7-3-6-30(17-31)39-15-4-5-27(21-39)32(43)42(29-12-13-29)20-25-8-10-26(11-9-25)28-18-37-38-19-28/h3,6-11,17-19,27,29H,4-5,12-16,20-24H2,1-2H3,(H,37,38)(H,45,46). The van der Waals surface area contributed by atoms with E-state index in [1.54, 1.807) is 13.8 Å². The number of aromatic amines is 1. The van der Waals surface area contributed by atoms with Gasteiger partial charge in [-0.25, -0.2) is 4.79 Å². The van der Waals surface area contributed by atoms with Gasteiger partial charge in [0.25, 0.3) is 5.91 Å². The van der Waals surface area contributed by atoms with Gasteiger partial charge in [0.05, 0.1) is 12.1 Å². The van der Waals surface area contributed by atoms with Crippen molar-refractivity contribution in [2.75, 3.05) is 44.2 Å². The minimum atomic E-state index is -1.08. The number of likely N-dealkylation sites (tertiary alicyclic amines) is 2. The maximum Gasteiger partial charge on any atom is 0.407 e. The van der Waals surface area contributed by atoms with E-state index in [0.717, 1.165) is 61.0 Å².